The van der Waals surface area contributed by atoms with Gasteiger partial charge in [-0.15, -0.1) is 0 Å². The second kappa shape index (κ2) is 6.38. The molecule has 2 N–H and O–H groups in total. The standard InChI is InChI=1S/C15H12ClFN2O/c16-11-6-4-10(5-7-11)15(20)9-19-14-3-1-2-13(17)12(14)8-18/h1-7,15,19-20H,9H2/t15-/m1/s1. The highest BCUT2D eigenvalue weighted by atomic mass is 35.5. The first-order valence-electron chi connectivity index (χ1n) is 5.98. The molecular formula is C15H12ClFN2O. The smallest absolute Gasteiger partial charge is 0.143 e. The zero-order valence-corrected chi connectivity index (χ0v) is 11.2. The largest absolute Gasteiger partial charge is 0.387 e. The number of benzene rings is 2. The highest BCUT2D eigenvalue weighted by Gasteiger charge is 2.11. The molecule has 0 heterocycles. The Bertz CT molecular complexity index is 637. The van der Waals surface area contributed by atoms with Crippen molar-refractivity contribution in [3.05, 3.63) is 64.4 Å². The average Bonchev–Trinajstić information content (AvgIpc) is 2.45. The Morgan fingerprint density at radius 3 is 2.60 bits per heavy atom. The topological polar surface area (TPSA) is 56.0 Å². The molecule has 0 fully saturated rings. The van der Waals surface area contributed by atoms with Gasteiger partial charge in [0.15, 0.2) is 0 Å². The van der Waals surface area contributed by atoms with E-state index in [4.69, 9.17) is 16.9 Å². The Balaban J connectivity index is 2.07. The van der Waals surface area contributed by atoms with Crippen molar-refractivity contribution in [3.63, 3.8) is 0 Å². The van der Waals surface area contributed by atoms with Crippen LogP contribution < -0.4 is 5.32 Å². The van der Waals surface area contributed by atoms with Crippen molar-refractivity contribution in [2.24, 2.45) is 0 Å². The van der Waals surface area contributed by atoms with Crippen LogP contribution in [0.5, 0.6) is 0 Å². The van der Waals surface area contributed by atoms with Crippen LogP contribution in [0.15, 0.2) is 42.5 Å². The summed E-state index contributed by atoms with van der Waals surface area (Å²) in [7, 11) is 0. The molecule has 0 aliphatic heterocycles. The molecule has 0 amide bonds. The van der Waals surface area contributed by atoms with Crippen LogP contribution >= 0.6 is 11.6 Å². The summed E-state index contributed by atoms with van der Waals surface area (Å²) in [5.74, 6) is -0.585. The second-order valence-electron chi connectivity index (χ2n) is 4.22. The van der Waals surface area contributed by atoms with Crippen molar-refractivity contribution in [3.8, 4) is 6.07 Å². The van der Waals surface area contributed by atoms with Gasteiger partial charge >= 0.3 is 0 Å². The van der Waals surface area contributed by atoms with Crippen molar-refractivity contribution in [2.75, 3.05) is 11.9 Å². The summed E-state index contributed by atoms with van der Waals surface area (Å²) in [5.41, 5.74) is 0.994. The van der Waals surface area contributed by atoms with Crippen LogP contribution in [0, 0.1) is 17.1 Å². The van der Waals surface area contributed by atoms with Gasteiger partial charge in [-0.3, -0.25) is 0 Å². The van der Waals surface area contributed by atoms with Gasteiger partial charge in [-0.1, -0.05) is 29.8 Å². The highest BCUT2D eigenvalue weighted by molar-refractivity contribution is 6.30. The first-order chi connectivity index (χ1) is 9.61. The quantitative estimate of drug-likeness (QED) is 0.906. The zero-order chi connectivity index (χ0) is 14.5. The molecule has 20 heavy (non-hydrogen) atoms. The van der Waals surface area contributed by atoms with E-state index >= 15 is 0 Å². The van der Waals surface area contributed by atoms with Gasteiger partial charge in [0.05, 0.1) is 11.8 Å². The lowest BCUT2D eigenvalue weighted by Crippen LogP contribution is -2.13. The van der Waals surface area contributed by atoms with Crippen molar-refractivity contribution in [1.82, 2.24) is 0 Å². The number of aliphatic hydroxyl groups is 1. The molecule has 2 rings (SSSR count). The monoisotopic (exact) mass is 290 g/mol. The summed E-state index contributed by atoms with van der Waals surface area (Å²) in [6.45, 7) is 0.166. The lowest BCUT2D eigenvalue weighted by Gasteiger charge is -2.14. The third kappa shape index (κ3) is 3.27. The number of nitrogens with zero attached hydrogens (tertiary/aromatic N) is 1. The Kier molecular flexibility index (Phi) is 4.57. The maximum absolute atomic E-state index is 13.4. The maximum atomic E-state index is 13.4. The number of hydrogen-bond donors (Lipinski definition) is 2. The van der Waals surface area contributed by atoms with Crippen LogP contribution in [-0.4, -0.2) is 11.7 Å². The molecule has 0 spiro atoms. The first-order valence-corrected chi connectivity index (χ1v) is 6.35. The number of nitrogens with one attached hydrogen (secondary N) is 1. The number of anilines is 1. The van der Waals surface area contributed by atoms with Gasteiger partial charge in [0.2, 0.25) is 0 Å². The van der Waals surface area contributed by atoms with E-state index in [1.54, 1.807) is 36.4 Å². The molecule has 0 radical (unpaired) electrons. The Labute approximate surface area is 121 Å². The number of aliphatic hydroxyl groups excluding tert-OH is 1. The predicted molar refractivity (Wildman–Crippen MR) is 76.0 cm³/mol. The fourth-order valence-corrected chi connectivity index (χ4v) is 1.92. The summed E-state index contributed by atoms with van der Waals surface area (Å²) in [4.78, 5) is 0. The maximum Gasteiger partial charge on any atom is 0.143 e. The summed E-state index contributed by atoms with van der Waals surface area (Å²) >= 11 is 5.77. The lowest BCUT2D eigenvalue weighted by atomic mass is 10.1. The second-order valence-corrected chi connectivity index (χ2v) is 4.66. The Morgan fingerprint density at radius 1 is 1.25 bits per heavy atom. The fraction of sp³-hybridized carbons (Fsp3) is 0.133. The fourth-order valence-electron chi connectivity index (χ4n) is 1.79. The molecule has 0 bridgehead atoms. The predicted octanol–water partition coefficient (Wildman–Crippen LogP) is 3.50. The molecule has 0 saturated heterocycles. The summed E-state index contributed by atoms with van der Waals surface area (Å²) < 4.78 is 13.4. The number of hydrogen-bond acceptors (Lipinski definition) is 3. The van der Waals surface area contributed by atoms with Crippen molar-refractivity contribution in [2.45, 2.75) is 6.10 Å². The van der Waals surface area contributed by atoms with Crippen molar-refractivity contribution < 1.29 is 9.50 Å². The van der Waals surface area contributed by atoms with Gasteiger partial charge in [-0.05, 0) is 29.8 Å². The third-order valence-corrected chi connectivity index (χ3v) is 3.12. The summed E-state index contributed by atoms with van der Waals surface area (Å²) in [6, 6.07) is 12.9. The average molecular weight is 291 g/mol. The number of rotatable bonds is 4. The van der Waals surface area contributed by atoms with E-state index in [-0.39, 0.29) is 12.1 Å². The zero-order valence-electron chi connectivity index (χ0n) is 10.5. The molecule has 0 unspecified atom stereocenters. The summed E-state index contributed by atoms with van der Waals surface area (Å²) in [5, 5.41) is 22.4. The first kappa shape index (κ1) is 14.3. The molecule has 3 nitrogen and oxygen atoms in total. The molecule has 0 aromatic heterocycles. The molecule has 0 aliphatic carbocycles. The molecule has 2 aromatic rings. The molecule has 0 aliphatic rings. The number of halogens is 2. The van der Waals surface area contributed by atoms with E-state index in [2.05, 4.69) is 5.32 Å². The molecule has 2 aromatic carbocycles. The van der Waals surface area contributed by atoms with E-state index in [1.807, 2.05) is 0 Å². The van der Waals surface area contributed by atoms with Crippen LogP contribution in [0.4, 0.5) is 10.1 Å². The van der Waals surface area contributed by atoms with Gasteiger partial charge in [0.1, 0.15) is 17.4 Å². The molecule has 0 saturated carbocycles. The van der Waals surface area contributed by atoms with E-state index in [0.717, 1.165) is 0 Å². The van der Waals surface area contributed by atoms with Crippen LogP contribution in [0.1, 0.15) is 17.2 Å². The van der Waals surface area contributed by atoms with Crippen LogP contribution in [0.3, 0.4) is 0 Å². The molecular weight excluding hydrogens is 279 g/mol. The van der Waals surface area contributed by atoms with E-state index in [0.29, 0.717) is 16.3 Å². The van der Waals surface area contributed by atoms with Crippen LogP contribution in [0.2, 0.25) is 5.02 Å². The van der Waals surface area contributed by atoms with Gasteiger partial charge in [0.25, 0.3) is 0 Å². The van der Waals surface area contributed by atoms with Crippen molar-refractivity contribution in [1.29, 1.82) is 5.26 Å². The van der Waals surface area contributed by atoms with Gasteiger partial charge < -0.3 is 10.4 Å². The molecule has 5 heteroatoms. The van der Waals surface area contributed by atoms with Gasteiger partial charge in [-0.25, -0.2) is 4.39 Å². The third-order valence-electron chi connectivity index (χ3n) is 2.87. The molecule has 1 atom stereocenters. The highest BCUT2D eigenvalue weighted by Crippen LogP contribution is 2.20. The van der Waals surface area contributed by atoms with Crippen LogP contribution in [0.25, 0.3) is 0 Å². The molecule has 102 valence electrons. The van der Waals surface area contributed by atoms with Gasteiger partial charge in [0, 0.05) is 11.6 Å². The van der Waals surface area contributed by atoms with E-state index in [1.165, 1.54) is 12.1 Å². The van der Waals surface area contributed by atoms with Gasteiger partial charge in [-0.2, -0.15) is 5.26 Å². The minimum atomic E-state index is -0.776. The lowest BCUT2D eigenvalue weighted by molar-refractivity contribution is 0.191. The minimum Gasteiger partial charge on any atom is -0.387 e. The Hall–Kier alpha value is -2.09. The SMILES string of the molecule is N#Cc1c(F)cccc1NC[C@@H](O)c1ccc(Cl)cc1. The van der Waals surface area contributed by atoms with E-state index < -0.39 is 11.9 Å². The van der Waals surface area contributed by atoms with E-state index in [9.17, 15) is 9.50 Å². The number of nitriles is 1. The van der Waals surface area contributed by atoms with Crippen LogP contribution in [-0.2, 0) is 0 Å². The summed E-state index contributed by atoms with van der Waals surface area (Å²) in [6.07, 6.45) is -0.776. The Morgan fingerprint density at radius 2 is 1.95 bits per heavy atom. The normalized spacial score (nSPS) is 11.7. The van der Waals surface area contributed by atoms with Crippen molar-refractivity contribution >= 4 is 17.3 Å². The minimum absolute atomic E-state index is 0.0594.